The van der Waals surface area contributed by atoms with Crippen molar-refractivity contribution >= 4 is 12.0 Å². The van der Waals surface area contributed by atoms with Crippen LogP contribution in [0.3, 0.4) is 0 Å². The standard InChI is InChI=1S/C15H19NO4/c1-2-12(17)7-8-16-15(18)6-4-11-3-5-13-14(9-11)20-10-19-13/h3-6,9,12,17H,2,7-8,10H2,1H3,(H,16,18)/b6-4+. The first kappa shape index (κ1) is 14.4. The van der Waals surface area contributed by atoms with Crippen LogP contribution in [0.2, 0.25) is 0 Å². The Kier molecular flexibility index (Phi) is 5.01. The summed E-state index contributed by atoms with van der Waals surface area (Å²) in [5.41, 5.74) is 0.873. The molecule has 1 heterocycles. The van der Waals surface area contributed by atoms with Crippen LogP contribution < -0.4 is 14.8 Å². The highest BCUT2D eigenvalue weighted by Gasteiger charge is 2.12. The second-order valence-electron chi connectivity index (χ2n) is 4.59. The van der Waals surface area contributed by atoms with Crippen LogP contribution in [-0.4, -0.2) is 30.5 Å². The number of aliphatic hydroxyl groups is 1. The molecule has 1 aromatic rings. The van der Waals surface area contributed by atoms with E-state index < -0.39 is 0 Å². The summed E-state index contributed by atoms with van der Waals surface area (Å²) in [6.07, 6.45) is 4.10. The quantitative estimate of drug-likeness (QED) is 0.777. The van der Waals surface area contributed by atoms with Crippen molar-refractivity contribution in [3.8, 4) is 11.5 Å². The molecule has 0 spiro atoms. The summed E-state index contributed by atoms with van der Waals surface area (Å²) >= 11 is 0. The van der Waals surface area contributed by atoms with Gasteiger partial charge in [0.2, 0.25) is 12.7 Å². The fourth-order valence-corrected chi connectivity index (χ4v) is 1.81. The second kappa shape index (κ2) is 6.96. The molecule has 0 saturated heterocycles. The number of ether oxygens (including phenoxy) is 2. The monoisotopic (exact) mass is 277 g/mol. The van der Waals surface area contributed by atoms with Crippen molar-refractivity contribution in [2.24, 2.45) is 0 Å². The van der Waals surface area contributed by atoms with E-state index in [1.54, 1.807) is 6.08 Å². The largest absolute Gasteiger partial charge is 0.454 e. The van der Waals surface area contributed by atoms with Crippen LogP contribution in [-0.2, 0) is 4.79 Å². The van der Waals surface area contributed by atoms with Gasteiger partial charge >= 0.3 is 0 Å². The average Bonchev–Trinajstić information content (AvgIpc) is 2.92. The van der Waals surface area contributed by atoms with Gasteiger partial charge in [-0.05, 0) is 36.6 Å². The Morgan fingerprint density at radius 1 is 1.45 bits per heavy atom. The zero-order valence-electron chi connectivity index (χ0n) is 11.5. The lowest BCUT2D eigenvalue weighted by atomic mass is 10.2. The van der Waals surface area contributed by atoms with Crippen molar-refractivity contribution in [1.82, 2.24) is 5.32 Å². The minimum atomic E-state index is -0.354. The number of benzene rings is 1. The first-order chi connectivity index (χ1) is 9.69. The van der Waals surface area contributed by atoms with Crippen molar-refractivity contribution in [3.63, 3.8) is 0 Å². The van der Waals surface area contributed by atoms with Crippen molar-refractivity contribution in [3.05, 3.63) is 29.8 Å². The number of carbonyl (C=O) groups is 1. The number of amides is 1. The van der Waals surface area contributed by atoms with Gasteiger partial charge in [0.25, 0.3) is 0 Å². The van der Waals surface area contributed by atoms with E-state index in [9.17, 15) is 9.90 Å². The van der Waals surface area contributed by atoms with Gasteiger partial charge in [-0.25, -0.2) is 0 Å². The number of rotatable bonds is 6. The Hall–Kier alpha value is -2.01. The van der Waals surface area contributed by atoms with Gasteiger partial charge in [-0.2, -0.15) is 0 Å². The van der Waals surface area contributed by atoms with Gasteiger partial charge < -0.3 is 19.9 Å². The molecule has 1 unspecified atom stereocenters. The molecule has 1 aliphatic heterocycles. The molecular weight excluding hydrogens is 258 g/mol. The lowest BCUT2D eigenvalue weighted by Crippen LogP contribution is -2.25. The average molecular weight is 277 g/mol. The molecular formula is C15H19NO4. The first-order valence-electron chi connectivity index (χ1n) is 6.72. The van der Waals surface area contributed by atoms with Gasteiger partial charge in [0.05, 0.1) is 6.10 Å². The molecule has 0 aromatic heterocycles. The maximum absolute atomic E-state index is 11.6. The smallest absolute Gasteiger partial charge is 0.244 e. The fourth-order valence-electron chi connectivity index (χ4n) is 1.81. The van der Waals surface area contributed by atoms with Crippen LogP contribution in [0.5, 0.6) is 11.5 Å². The third-order valence-electron chi connectivity index (χ3n) is 3.07. The summed E-state index contributed by atoms with van der Waals surface area (Å²) in [6, 6.07) is 5.50. The van der Waals surface area contributed by atoms with Gasteiger partial charge in [-0.15, -0.1) is 0 Å². The zero-order chi connectivity index (χ0) is 14.4. The van der Waals surface area contributed by atoms with E-state index in [-0.39, 0.29) is 18.8 Å². The number of hydrogen-bond donors (Lipinski definition) is 2. The third-order valence-corrected chi connectivity index (χ3v) is 3.07. The Balaban J connectivity index is 1.81. The number of nitrogens with one attached hydrogen (secondary N) is 1. The number of fused-ring (bicyclic) bond motifs is 1. The summed E-state index contributed by atoms with van der Waals surface area (Å²) < 4.78 is 10.5. The van der Waals surface area contributed by atoms with E-state index in [1.165, 1.54) is 6.08 Å². The third kappa shape index (κ3) is 3.99. The van der Waals surface area contributed by atoms with E-state index in [0.29, 0.717) is 25.1 Å². The highest BCUT2D eigenvalue weighted by atomic mass is 16.7. The van der Waals surface area contributed by atoms with Crippen molar-refractivity contribution in [1.29, 1.82) is 0 Å². The molecule has 0 aliphatic carbocycles. The Bertz CT molecular complexity index is 499. The molecule has 1 aliphatic rings. The van der Waals surface area contributed by atoms with Crippen molar-refractivity contribution in [2.45, 2.75) is 25.9 Å². The molecule has 20 heavy (non-hydrogen) atoms. The number of hydrogen-bond acceptors (Lipinski definition) is 4. The number of aliphatic hydroxyl groups excluding tert-OH is 1. The van der Waals surface area contributed by atoms with Gasteiger partial charge in [0.1, 0.15) is 0 Å². The second-order valence-corrected chi connectivity index (χ2v) is 4.59. The fraction of sp³-hybridized carbons (Fsp3) is 0.400. The first-order valence-corrected chi connectivity index (χ1v) is 6.72. The molecule has 0 saturated carbocycles. The predicted molar refractivity (Wildman–Crippen MR) is 75.5 cm³/mol. The maximum Gasteiger partial charge on any atom is 0.244 e. The van der Waals surface area contributed by atoms with E-state index >= 15 is 0 Å². The molecule has 0 fully saturated rings. The van der Waals surface area contributed by atoms with Gasteiger partial charge in [-0.1, -0.05) is 13.0 Å². The molecule has 0 radical (unpaired) electrons. The molecule has 0 bridgehead atoms. The Morgan fingerprint density at radius 2 is 2.25 bits per heavy atom. The summed E-state index contributed by atoms with van der Waals surface area (Å²) in [5.74, 6) is 1.24. The van der Waals surface area contributed by atoms with Crippen LogP contribution in [0, 0.1) is 0 Å². The lowest BCUT2D eigenvalue weighted by Gasteiger charge is -2.07. The highest BCUT2D eigenvalue weighted by Crippen LogP contribution is 2.32. The number of carbonyl (C=O) groups excluding carboxylic acids is 1. The molecule has 2 rings (SSSR count). The molecule has 1 aromatic carbocycles. The van der Waals surface area contributed by atoms with Crippen molar-refractivity contribution < 1.29 is 19.4 Å². The predicted octanol–water partition coefficient (Wildman–Crippen LogP) is 1.71. The highest BCUT2D eigenvalue weighted by molar-refractivity contribution is 5.91. The SMILES string of the molecule is CCC(O)CCNC(=O)/C=C/c1ccc2c(c1)OCO2. The van der Waals surface area contributed by atoms with Crippen LogP contribution >= 0.6 is 0 Å². The maximum atomic E-state index is 11.6. The van der Waals surface area contributed by atoms with Gasteiger partial charge in [-0.3, -0.25) is 4.79 Å². The molecule has 5 heteroatoms. The van der Waals surface area contributed by atoms with Crippen LogP contribution in [0.25, 0.3) is 6.08 Å². The molecule has 1 atom stereocenters. The Labute approximate surface area is 118 Å². The minimum Gasteiger partial charge on any atom is -0.454 e. The molecule has 1 amide bonds. The summed E-state index contributed by atoms with van der Waals surface area (Å²) in [4.78, 5) is 11.6. The minimum absolute atomic E-state index is 0.175. The zero-order valence-corrected chi connectivity index (χ0v) is 11.5. The normalized spacial score (nSPS) is 14.5. The van der Waals surface area contributed by atoms with E-state index in [4.69, 9.17) is 9.47 Å². The summed E-state index contributed by atoms with van der Waals surface area (Å²) in [5, 5.41) is 12.1. The Morgan fingerprint density at radius 3 is 3.05 bits per heavy atom. The summed E-state index contributed by atoms with van der Waals surface area (Å²) in [6.45, 7) is 2.62. The summed E-state index contributed by atoms with van der Waals surface area (Å²) in [7, 11) is 0. The van der Waals surface area contributed by atoms with Gasteiger partial charge in [0.15, 0.2) is 11.5 Å². The molecule has 5 nitrogen and oxygen atoms in total. The van der Waals surface area contributed by atoms with E-state index in [1.807, 2.05) is 25.1 Å². The van der Waals surface area contributed by atoms with Crippen LogP contribution in [0.1, 0.15) is 25.3 Å². The topological polar surface area (TPSA) is 67.8 Å². The van der Waals surface area contributed by atoms with E-state index in [0.717, 1.165) is 11.3 Å². The molecule has 2 N–H and O–H groups in total. The van der Waals surface area contributed by atoms with Crippen LogP contribution in [0.15, 0.2) is 24.3 Å². The van der Waals surface area contributed by atoms with Gasteiger partial charge in [0, 0.05) is 12.6 Å². The van der Waals surface area contributed by atoms with Crippen LogP contribution in [0.4, 0.5) is 0 Å². The lowest BCUT2D eigenvalue weighted by molar-refractivity contribution is -0.116. The van der Waals surface area contributed by atoms with E-state index in [2.05, 4.69) is 5.32 Å². The van der Waals surface area contributed by atoms with Crippen molar-refractivity contribution in [2.75, 3.05) is 13.3 Å². The molecule has 108 valence electrons.